The minimum Gasteiger partial charge on any atom is -0.309 e. The van der Waals surface area contributed by atoms with Crippen LogP contribution in [0.1, 0.15) is 23.1 Å². The number of amides is 1. The molecule has 0 unspecified atom stereocenters. The molecular weight excluding hydrogens is 390 g/mol. The predicted octanol–water partition coefficient (Wildman–Crippen LogP) is 5.09. The molecule has 3 rings (SSSR count). The van der Waals surface area contributed by atoms with Crippen molar-refractivity contribution in [3.05, 3.63) is 58.1 Å². The molecule has 2 aromatic carbocycles. The number of anilines is 1. The first-order chi connectivity index (χ1) is 13.3. The van der Waals surface area contributed by atoms with Crippen molar-refractivity contribution in [2.24, 2.45) is 0 Å². The predicted molar refractivity (Wildman–Crippen MR) is 120 cm³/mol. The Morgan fingerprint density at radius 1 is 1.11 bits per heavy atom. The fourth-order valence-corrected chi connectivity index (χ4v) is 4.41. The van der Waals surface area contributed by atoms with Crippen LogP contribution in [0.2, 0.25) is 5.02 Å². The number of carbonyl (C=O) groups excluding carboxylic acids is 1. The number of fused-ring (bicyclic) bond motifs is 1. The van der Waals surface area contributed by atoms with Gasteiger partial charge in [-0.25, -0.2) is 4.98 Å². The van der Waals surface area contributed by atoms with Crippen LogP contribution < -0.4 is 4.90 Å². The van der Waals surface area contributed by atoms with E-state index in [9.17, 15) is 4.79 Å². The quantitative estimate of drug-likeness (QED) is 0.539. The molecule has 148 valence electrons. The zero-order valence-electron chi connectivity index (χ0n) is 16.8. The molecule has 0 aliphatic carbocycles. The Hall–Kier alpha value is -1.95. The van der Waals surface area contributed by atoms with Gasteiger partial charge < -0.3 is 4.90 Å². The van der Waals surface area contributed by atoms with Crippen LogP contribution in [-0.2, 0) is 11.2 Å². The van der Waals surface area contributed by atoms with Gasteiger partial charge in [-0.3, -0.25) is 9.69 Å². The number of carbonyl (C=O) groups is 1. The zero-order valence-corrected chi connectivity index (χ0v) is 18.4. The first kappa shape index (κ1) is 20.8. The van der Waals surface area contributed by atoms with Crippen LogP contribution in [0.5, 0.6) is 0 Å². The van der Waals surface area contributed by atoms with Crippen LogP contribution in [0.25, 0.3) is 10.2 Å². The molecule has 0 radical (unpaired) electrons. The number of aryl methyl sites for hydroxylation is 2. The summed E-state index contributed by atoms with van der Waals surface area (Å²) in [4.78, 5) is 21.9. The van der Waals surface area contributed by atoms with Gasteiger partial charge in [0.2, 0.25) is 5.91 Å². The third-order valence-electron chi connectivity index (χ3n) is 4.70. The van der Waals surface area contributed by atoms with Crippen LogP contribution in [0.15, 0.2) is 36.4 Å². The standard InChI is InChI=1S/C22H26ClN3OS/c1-15-6-7-16(2)17(12-15)13-21(27)26(11-5-10-25(3)4)22-24-19-9-8-18(23)14-20(19)28-22/h6-9,12,14H,5,10-11,13H2,1-4H3. The van der Waals surface area contributed by atoms with E-state index in [-0.39, 0.29) is 5.91 Å². The molecule has 0 saturated carbocycles. The molecule has 0 bridgehead atoms. The number of aromatic nitrogens is 1. The minimum atomic E-state index is 0.0811. The number of hydrogen-bond acceptors (Lipinski definition) is 4. The Morgan fingerprint density at radius 2 is 1.89 bits per heavy atom. The Balaban J connectivity index is 1.88. The monoisotopic (exact) mass is 415 g/mol. The SMILES string of the molecule is Cc1ccc(C)c(CC(=O)N(CCCN(C)C)c2nc3ccc(Cl)cc3s2)c1. The molecule has 28 heavy (non-hydrogen) atoms. The number of benzene rings is 2. The molecule has 0 aliphatic rings. The number of halogens is 1. The molecule has 6 heteroatoms. The number of rotatable bonds is 7. The smallest absolute Gasteiger partial charge is 0.233 e. The van der Waals surface area contributed by atoms with Crippen molar-refractivity contribution in [3.8, 4) is 0 Å². The van der Waals surface area contributed by atoms with Gasteiger partial charge in [-0.15, -0.1) is 0 Å². The maximum atomic E-state index is 13.2. The van der Waals surface area contributed by atoms with Crippen molar-refractivity contribution in [3.63, 3.8) is 0 Å². The van der Waals surface area contributed by atoms with E-state index in [0.717, 1.165) is 39.4 Å². The fraction of sp³-hybridized carbons (Fsp3) is 0.364. The van der Waals surface area contributed by atoms with Gasteiger partial charge in [0.1, 0.15) is 0 Å². The van der Waals surface area contributed by atoms with E-state index in [2.05, 4.69) is 36.9 Å². The van der Waals surface area contributed by atoms with Crippen molar-refractivity contribution < 1.29 is 4.79 Å². The van der Waals surface area contributed by atoms with Gasteiger partial charge in [-0.05, 0) is 70.2 Å². The van der Waals surface area contributed by atoms with Gasteiger partial charge in [0, 0.05) is 11.6 Å². The number of hydrogen-bond donors (Lipinski definition) is 0. The Kier molecular flexibility index (Phi) is 6.70. The first-order valence-corrected chi connectivity index (χ1v) is 10.6. The van der Waals surface area contributed by atoms with Crippen LogP contribution in [0.3, 0.4) is 0 Å². The second-order valence-corrected chi connectivity index (χ2v) is 8.86. The first-order valence-electron chi connectivity index (χ1n) is 9.41. The minimum absolute atomic E-state index is 0.0811. The van der Waals surface area contributed by atoms with E-state index in [0.29, 0.717) is 18.0 Å². The lowest BCUT2D eigenvalue weighted by Gasteiger charge is -2.21. The second kappa shape index (κ2) is 9.03. The lowest BCUT2D eigenvalue weighted by Crippen LogP contribution is -2.34. The van der Waals surface area contributed by atoms with Crippen LogP contribution in [-0.4, -0.2) is 43.0 Å². The molecule has 0 N–H and O–H groups in total. The van der Waals surface area contributed by atoms with Gasteiger partial charge in [0.05, 0.1) is 16.6 Å². The lowest BCUT2D eigenvalue weighted by molar-refractivity contribution is -0.118. The number of nitrogens with zero attached hydrogens (tertiary/aromatic N) is 3. The molecule has 1 amide bonds. The van der Waals surface area contributed by atoms with Crippen LogP contribution >= 0.6 is 22.9 Å². The van der Waals surface area contributed by atoms with E-state index in [1.165, 1.54) is 16.9 Å². The fourth-order valence-electron chi connectivity index (χ4n) is 3.12. The van der Waals surface area contributed by atoms with Gasteiger partial charge in [0.25, 0.3) is 0 Å². The van der Waals surface area contributed by atoms with E-state index < -0.39 is 0 Å². The number of thiazole rings is 1. The van der Waals surface area contributed by atoms with Crippen molar-refractivity contribution >= 4 is 44.2 Å². The topological polar surface area (TPSA) is 36.4 Å². The van der Waals surface area contributed by atoms with Crippen LogP contribution in [0.4, 0.5) is 5.13 Å². The van der Waals surface area contributed by atoms with Gasteiger partial charge in [-0.1, -0.05) is 46.7 Å². The van der Waals surface area contributed by atoms with Crippen LogP contribution in [0, 0.1) is 13.8 Å². The molecule has 0 fully saturated rings. The molecular formula is C22H26ClN3OS. The Labute approximate surface area is 175 Å². The summed E-state index contributed by atoms with van der Waals surface area (Å²) < 4.78 is 1.000. The Bertz CT molecular complexity index is 983. The van der Waals surface area contributed by atoms with E-state index in [1.807, 2.05) is 37.2 Å². The Morgan fingerprint density at radius 3 is 2.64 bits per heavy atom. The maximum absolute atomic E-state index is 13.2. The molecule has 1 aromatic heterocycles. The van der Waals surface area contributed by atoms with Crippen molar-refractivity contribution in [2.75, 3.05) is 32.1 Å². The van der Waals surface area contributed by atoms with E-state index >= 15 is 0 Å². The van der Waals surface area contributed by atoms with Crippen molar-refractivity contribution in [1.82, 2.24) is 9.88 Å². The van der Waals surface area contributed by atoms with Gasteiger partial charge >= 0.3 is 0 Å². The molecule has 1 heterocycles. The average molecular weight is 416 g/mol. The lowest BCUT2D eigenvalue weighted by atomic mass is 10.0. The van der Waals surface area contributed by atoms with E-state index in [4.69, 9.17) is 16.6 Å². The third-order valence-corrected chi connectivity index (χ3v) is 5.98. The summed E-state index contributed by atoms with van der Waals surface area (Å²) in [6.45, 7) is 5.68. The summed E-state index contributed by atoms with van der Waals surface area (Å²) in [5.74, 6) is 0.0811. The summed E-state index contributed by atoms with van der Waals surface area (Å²) in [5, 5.41) is 1.43. The average Bonchev–Trinajstić information content (AvgIpc) is 3.04. The summed E-state index contributed by atoms with van der Waals surface area (Å²) in [7, 11) is 4.09. The second-order valence-electron chi connectivity index (χ2n) is 7.42. The largest absolute Gasteiger partial charge is 0.309 e. The van der Waals surface area contributed by atoms with Gasteiger partial charge in [-0.2, -0.15) is 0 Å². The maximum Gasteiger partial charge on any atom is 0.233 e. The van der Waals surface area contributed by atoms with Crippen molar-refractivity contribution in [1.29, 1.82) is 0 Å². The summed E-state index contributed by atoms with van der Waals surface area (Å²) in [5.41, 5.74) is 4.26. The third kappa shape index (κ3) is 5.10. The molecule has 3 aromatic rings. The molecule has 0 spiro atoms. The van der Waals surface area contributed by atoms with E-state index in [1.54, 1.807) is 0 Å². The highest BCUT2D eigenvalue weighted by Gasteiger charge is 2.20. The molecule has 0 atom stereocenters. The van der Waals surface area contributed by atoms with Gasteiger partial charge in [0.15, 0.2) is 5.13 Å². The highest BCUT2D eigenvalue weighted by molar-refractivity contribution is 7.22. The molecule has 0 saturated heterocycles. The normalized spacial score (nSPS) is 11.4. The zero-order chi connectivity index (χ0) is 20.3. The summed E-state index contributed by atoms with van der Waals surface area (Å²) in [6, 6.07) is 11.9. The highest BCUT2D eigenvalue weighted by Crippen LogP contribution is 2.31. The highest BCUT2D eigenvalue weighted by atomic mass is 35.5. The summed E-state index contributed by atoms with van der Waals surface area (Å²) >= 11 is 7.64. The van der Waals surface area contributed by atoms with Crippen molar-refractivity contribution in [2.45, 2.75) is 26.7 Å². The molecule has 0 aliphatic heterocycles. The molecule has 4 nitrogen and oxygen atoms in total. The summed E-state index contributed by atoms with van der Waals surface area (Å²) in [6.07, 6.45) is 1.27.